The molecule has 2 aromatic carbocycles. The van der Waals surface area contributed by atoms with Gasteiger partial charge in [-0.15, -0.1) is 0 Å². The predicted octanol–water partition coefficient (Wildman–Crippen LogP) is 3.10. The molecule has 1 fully saturated rings. The van der Waals surface area contributed by atoms with Gasteiger partial charge in [-0.05, 0) is 54.2 Å². The van der Waals surface area contributed by atoms with E-state index in [2.05, 4.69) is 5.32 Å². The smallest absolute Gasteiger partial charge is 0.228 e. The lowest BCUT2D eigenvalue weighted by molar-refractivity contribution is -0.117. The third kappa shape index (κ3) is 3.34. The molecule has 0 aromatic heterocycles. The van der Waals surface area contributed by atoms with E-state index in [1.807, 2.05) is 30.3 Å². The van der Waals surface area contributed by atoms with Gasteiger partial charge in [0, 0.05) is 18.2 Å². The fourth-order valence-electron chi connectivity index (χ4n) is 2.71. The van der Waals surface area contributed by atoms with E-state index >= 15 is 0 Å². The van der Waals surface area contributed by atoms with Crippen molar-refractivity contribution in [2.24, 2.45) is 5.92 Å². The van der Waals surface area contributed by atoms with Gasteiger partial charge < -0.3 is 10.4 Å². The molecule has 0 spiro atoms. The normalized spacial score (nSPS) is 19.7. The van der Waals surface area contributed by atoms with E-state index in [1.165, 1.54) is 12.1 Å². The van der Waals surface area contributed by atoms with Crippen molar-refractivity contribution >= 4 is 11.6 Å². The molecule has 2 aromatic rings. The monoisotopic (exact) mass is 299 g/mol. The summed E-state index contributed by atoms with van der Waals surface area (Å²) in [4.78, 5) is 12.2. The minimum Gasteiger partial charge on any atom is -0.396 e. The van der Waals surface area contributed by atoms with Crippen molar-refractivity contribution in [3.8, 4) is 0 Å². The van der Waals surface area contributed by atoms with E-state index in [4.69, 9.17) is 5.11 Å². The van der Waals surface area contributed by atoms with Crippen molar-refractivity contribution in [1.29, 1.82) is 0 Å². The predicted molar refractivity (Wildman–Crippen MR) is 83.1 cm³/mol. The lowest BCUT2D eigenvalue weighted by atomic mass is 10.1. The number of rotatable bonds is 5. The zero-order chi connectivity index (χ0) is 15.5. The van der Waals surface area contributed by atoms with Crippen molar-refractivity contribution in [3.05, 3.63) is 65.5 Å². The van der Waals surface area contributed by atoms with Gasteiger partial charge in [-0.3, -0.25) is 4.79 Å². The number of carbonyl (C=O) groups excluding carboxylic acids is 1. The Labute approximate surface area is 128 Å². The molecule has 1 aliphatic rings. The number of aliphatic hydroxyl groups excluding tert-OH is 1. The van der Waals surface area contributed by atoms with E-state index in [0.29, 0.717) is 6.42 Å². The fraction of sp³-hybridized carbons (Fsp3) is 0.278. The third-order valence-corrected chi connectivity index (χ3v) is 4.03. The Bertz CT molecular complexity index is 669. The lowest BCUT2D eigenvalue weighted by Gasteiger charge is -2.06. The van der Waals surface area contributed by atoms with Gasteiger partial charge >= 0.3 is 0 Å². The average molecular weight is 299 g/mol. The Morgan fingerprint density at radius 1 is 1.23 bits per heavy atom. The van der Waals surface area contributed by atoms with Gasteiger partial charge in [-0.25, -0.2) is 4.39 Å². The quantitative estimate of drug-likeness (QED) is 0.891. The Morgan fingerprint density at radius 2 is 2.00 bits per heavy atom. The molecule has 1 aliphatic carbocycles. The number of amides is 1. The Kier molecular flexibility index (Phi) is 4.20. The third-order valence-electron chi connectivity index (χ3n) is 4.03. The van der Waals surface area contributed by atoms with Crippen LogP contribution in [0.1, 0.15) is 23.5 Å². The SMILES string of the molecule is O=C(Nc1ccc(CCO)cc1)C1CC1c1cccc(F)c1. The number of halogens is 1. The summed E-state index contributed by atoms with van der Waals surface area (Å²) in [5, 5.41) is 11.8. The van der Waals surface area contributed by atoms with Crippen LogP contribution in [0.25, 0.3) is 0 Å². The summed E-state index contributed by atoms with van der Waals surface area (Å²) in [6, 6.07) is 13.9. The number of aliphatic hydroxyl groups is 1. The summed E-state index contributed by atoms with van der Waals surface area (Å²) in [5.41, 5.74) is 2.67. The Balaban J connectivity index is 1.59. The van der Waals surface area contributed by atoms with E-state index in [1.54, 1.807) is 6.07 Å². The average Bonchev–Trinajstić information content (AvgIpc) is 3.30. The molecule has 2 N–H and O–H groups in total. The van der Waals surface area contributed by atoms with Gasteiger partial charge in [0.25, 0.3) is 0 Å². The zero-order valence-electron chi connectivity index (χ0n) is 12.1. The summed E-state index contributed by atoms with van der Waals surface area (Å²) in [6.07, 6.45) is 1.37. The van der Waals surface area contributed by atoms with Crippen LogP contribution in [0, 0.1) is 11.7 Å². The number of nitrogens with one attached hydrogen (secondary N) is 1. The molecule has 0 heterocycles. The molecule has 0 aliphatic heterocycles. The van der Waals surface area contributed by atoms with Gasteiger partial charge in [-0.1, -0.05) is 24.3 Å². The first-order valence-electron chi connectivity index (χ1n) is 7.43. The molecule has 0 radical (unpaired) electrons. The molecule has 1 saturated carbocycles. The summed E-state index contributed by atoms with van der Waals surface area (Å²) < 4.78 is 13.2. The molecule has 3 rings (SSSR count). The molecule has 22 heavy (non-hydrogen) atoms. The van der Waals surface area contributed by atoms with Crippen LogP contribution in [-0.2, 0) is 11.2 Å². The summed E-state index contributed by atoms with van der Waals surface area (Å²) in [5.74, 6) is -0.254. The molecule has 0 saturated heterocycles. The highest BCUT2D eigenvalue weighted by Crippen LogP contribution is 2.48. The van der Waals surface area contributed by atoms with Crippen LogP contribution in [0.15, 0.2) is 48.5 Å². The highest BCUT2D eigenvalue weighted by Gasteiger charge is 2.44. The molecule has 2 atom stereocenters. The topological polar surface area (TPSA) is 49.3 Å². The minimum absolute atomic E-state index is 0.0239. The fourth-order valence-corrected chi connectivity index (χ4v) is 2.71. The Hall–Kier alpha value is -2.20. The van der Waals surface area contributed by atoms with Gasteiger partial charge in [0.2, 0.25) is 5.91 Å². The number of hydrogen-bond acceptors (Lipinski definition) is 2. The van der Waals surface area contributed by atoms with Gasteiger partial charge in [0.05, 0.1) is 0 Å². The first kappa shape index (κ1) is 14.7. The molecular weight excluding hydrogens is 281 g/mol. The second-order valence-corrected chi connectivity index (χ2v) is 5.66. The maximum Gasteiger partial charge on any atom is 0.228 e. The largest absolute Gasteiger partial charge is 0.396 e. The number of benzene rings is 2. The van der Waals surface area contributed by atoms with Crippen molar-refractivity contribution in [1.82, 2.24) is 0 Å². The Morgan fingerprint density at radius 3 is 2.68 bits per heavy atom. The van der Waals surface area contributed by atoms with E-state index < -0.39 is 0 Å². The summed E-state index contributed by atoms with van der Waals surface area (Å²) in [7, 11) is 0. The lowest BCUT2D eigenvalue weighted by Crippen LogP contribution is -2.14. The summed E-state index contributed by atoms with van der Waals surface area (Å²) in [6.45, 7) is 0.114. The highest BCUT2D eigenvalue weighted by molar-refractivity contribution is 5.95. The van der Waals surface area contributed by atoms with Crippen molar-refractivity contribution in [3.63, 3.8) is 0 Å². The van der Waals surface area contributed by atoms with Crippen LogP contribution >= 0.6 is 0 Å². The van der Waals surface area contributed by atoms with Gasteiger partial charge in [0.15, 0.2) is 0 Å². The number of carbonyl (C=O) groups is 1. The first-order valence-corrected chi connectivity index (χ1v) is 7.43. The van der Waals surface area contributed by atoms with Crippen molar-refractivity contribution < 1.29 is 14.3 Å². The van der Waals surface area contributed by atoms with Crippen LogP contribution in [0.3, 0.4) is 0 Å². The van der Waals surface area contributed by atoms with Crippen LogP contribution in [0.5, 0.6) is 0 Å². The number of anilines is 1. The van der Waals surface area contributed by atoms with Crippen LogP contribution in [0.2, 0.25) is 0 Å². The van der Waals surface area contributed by atoms with E-state index in [9.17, 15) is 9.18 Å². The molecule has 4 heteroatoms. The summed E-state index contributed by atoms with van der Waals surface area (Å²) >= 11 is 0. The standard InChI is InChI=1S/C18H18FNO2/c19-14-3-1-2-13(10-14)16-11-17(16)18(22)20-15-6-4-12(5-7-15)8-9-21/h1-7,10,16-17,21H,8-9,11H2,(H,20,22). The van der Waals surface area contributed by atoms with Crippen LogP contribution < -0.4 is 5.32 Å². The molecule has 3 nitrogen and oxygen atoms in total. The minimum atomic E-state index is -0.261. The molecule has 114 valence electrons. The van der Waals surface area contributed by atoms with Crippen LogP contribution in [0.4, 0.5) is 10.1 Å². The second kappa shape index (κ2) is 6.28. The van der Waals surface area contributed by atoms with Crippen molar-refractivity contribution in [2.75, 3.05) is 11.9 Å². The molecule has 1 amide bonds. The second-order valence-electron chi connectivity index (χ2n) is 5.66. The van der Waals surface area contributed by atoms with Gasteiger partial charge in [0.1, 0.15) is 5.82 Å². The maximum atomic E-state index is 13.2. The molecule has 2 unspecified atom stereocenters. The number of hydrogen-bond donors (Lipinski definition) is 2. The van der Waals surface area contributed by atoms with Crippen LogP contribution in [-0.4, -0.2) is 17.6 Å². The molecule has 0 bridgehead atoms. The maximum absolute atomic E-state index is 13.2. The zero-order valence-corrected chi connectivity index (χ0v) is 12.1. The molecular formula is C18H18FNO2. The van der Waals surface area contributed by atoms with E-state index in [0.717, 1.165) is 23.2 Å². The van der Waals surface area contributed by atoms with E-state index in [-0.39, 0.29) is 30.2 Å². The highest BCUT2D eigenvalue weighted by atomic mass is 19.1. The van der Waals surface area contributed by atoms with Crippen molar-refractivity contribution in [2.45, 2.75) is 18.8 Å². The van der Waals surface area contributed by atoms with Gasteiger partial charge in [-0.2, -0.15) is 0 Å². The first-order chi connectivity index (χ1) is 10.7.